The summed E-state index contributed by atoms with van der Waals surface area (Å²) in [7, 11) is 1.67. The number of rotatable bonds is 11. The number of nitrogens with one attached hydrogen (secondary N) is 1. The molecule has 0 atom stereocenters. The zero-order chi connectivity index (χ0) is 22.8. The molecule has 168 valence electrons. The van der Waals surface area contributed by atoms with Crippen LogP contribution in [-0.2, 0) is 16.1 Å². The molecular formula is C22H24FN5O4. The van der Waals surface area contributed by atoms with Gasteiger partial charge >= 0.3 is 0 Å². The van der Waals surface area contributed by atoms with E-state index >= 15 is 0 Å². The first kappa shape index (κ1) is 22.7. The van der Waals surface area contributed by atoms with Crippen LogP contribution in [0.4, 0.5) is 10.1 Å². The van der Waals surface area contributed by atoms with Gasteiger partial charge in [-0.3, -0.25) is 14.3 Å². The van der Waals surface area contributed by atoms with Crippen LogP contribution in [0.15, 0.2) is 61.1 Å². The summed E-state index contributed by atoms with van der Waals surface area (Å²) < 4.78 is 25.7. The van der Waals surface area contributed by atoms with E-state index in [0.717, 1.165) is 0 Å². The highest BCUT2D eigenvalue weighted by Crippen LogP contribution is 2.15. The highest BCUT2D eigenvalue weighted by molar-refractivity contribution is 5.90. The van der Waals surface area contributed by atoms with Crippen molar-refractivity contribution in [3.05, 3.63) is 66.9 Å². The molecule has 2 heterocycles. The Bertz CT molecular complexity index is 1030. The maximum Gasteiger partial charge on any atom is 0.244 e. The van der Waals surface area contributed by atoms with Crippen molar-refractivity contribution in [3.8, 4) is 11.6 Å². The van der Waals surface area contributed by atoms with E-state index in [0.29, 0.717) is 24.7 Å². The van der Waals surface area contributed by atoms with Crippen LogP contribution >= 0.6 is 0 Å². The van der Waals surface area contributed by atoms with Gasteiger partial charge in [0.1, 0.15) is 13.2 Å². The Morgan fingerprint density at radius 3 is 2.72 bits per heavy atom. The normalized spacial score (nSPS) is 10.4. The van der Waals surface area contributed by atoms with Crippen LogP contribution in [0.2, 0.25) is 0 Å². The molecule has 32 heavy (non-hydrogen) atoms. The first-order valence-corrected chi connectivity index (χ1v) is 9.98. The molecule has 0 spiro atoms. The van der Waals surface area contributed by atoms with E-state index in [-0.39, 0.29) is 37.1 Å². The summed E-state index contributed by atoms with van der Waals surface area (Å²) in [6, 6.07) is 11.4. The maximum atomic E-state index is 13.5. The lowest BCUT2D eigenvalue weighted by molar-refractivity contribution is -0.131. The van der Waals surface area contributed by atoms with E-state index < -0.39 is 5.82 Å². The van der Waals surface area contributed by atoms with Crippen molar-refractivity contribution in [3.63, 3.8) is 0 Å². The van der Waals surface area contributed by atoms with Crippen LogP contribution in [-0.4, -0.2) is 58.3 Å². The number of para-hydroxylation sites is 1. The summed E-state index contributed by atoms with van der Waals surface area (Å²) in [6.45, 7) is 0.758. The van der Waals surface area contributed by atoms with Crippen LogP contribution in [0.1, 0.15) is 6.42 Å². The van der Waals surface area contributed by atoms with Gasteiger partial charge in [-0.2, -0.15) is 5.10 Å². The summed E-state index contributed by atoms with van der Waals surface area (Å²) >= 11 is 0. The molecule has 1 N–H and O–H groups in total. The first-order chi connectivity index (χ1) is 15.5. The fraction of sp³-hybridized carbons (Fsp3) is 0.273. The molecule has 0 bridgehead atoms. The Labute approximate surface area is 184 Å². The number of benzene rings is 1. The van der Waals surface area contributed by atoms with Crippen LogP contribution in [0.5, 0.6) is 11.6 Å². The number of ether oxygens (including phenoxy) is 2. The lowest BCUT2D eigenvalue weighted by atomic mass is 10.3. The smallest absolute Gasteiger partial charge is 0.244 e. The van der Waals surface area contributed by atoms with E-state index in [1.54, 1.807) is 43.7 Å². The minimum Gasteiger partial charge on any atom is -0.490 e. The zero-order valence-corrected chi connectivity index (χ0v) is 17.6. The minimum atomic E-state index is -0.480. The maximum absolute atomic E-state index is 13.5. The number of aromatic nitrogens is 3. The first-order valence-electron chi connectivity index (χ1n) is 9.98. The number of hydrogen-bond donors (Lipinski definition) is 1. The number of pyridine rings is 1. The van der Waals surface area contributed by atoms with Crippen molar-refractivity contribution in [1.82, 2.24) is 19.7 Å². The van der Waals surface area contributed by atoms with E-state index in [1.807, 2.05) is 6.07 Å². The number of carbonyl (C=O) groups is 2. The van der Waals surface area contributed by atoms with Crippen LogP contribution in [0.3, 0.4) is 0 Å². The van der Waals surface area contributed by atoms with E-state index in [2.05, 4.69) is 15.4 Å². The molecule has 0 fully saturated rings. The third-order valence-corrected chi connectivity index (χ3v) is 4.38. The van der Waals surface area contributed by atoms with Crippen LogP contribution < -0.4 is 14.8 Å². The predicted octanol–water partition coefficient (Wildman–Crippen LogP) is 2.36. The fourth-order valence-corrected chi connectivity index (χ4v) is 2.66. The molecule has 2 aromatic heterocycles. The molecule has 0 unspecified atom stereocenters. The average Bonchev–Trinajstić information content (AvgIpc) is 3.22. The summed E-state index contributed by atoms with van der Waals surface area (Å²) in [5.74, 6) is -0.349. The van der Waals surface area contributed by atoms with Crippen molar-refractivity contribution in [2.24, 2.45) is 0 Å². The summed E-state index contributed by atoms with van der Waals surface area (Å²) in [6.07, 6.45) is 4.69. The highest BCUT2D eigenvalue weighted by atomic mass is 19.1. The molecule has 2 amide bonds. The van der Waals surface area contributed by atoms with Crippen molar-refractivity contribution in [1.29, 1.82) is 0 Å². The molecule has 0 aliphatic rings. The van der Waals surface area contributed by atoms with Crippen molar-refractivity contribution >= 4 is 17.5 Å². The number of halogens is 1. The molecule has 0 aliphatic heterocycles. The van der Waals surface area contributed by atoms with Gasteiger partial charge in [-0.15, -0.1) is 0 Å². The van der Waals surface area contributed by atoms with Crippen LogP contribution in [0, 0.1) is 5.82 Å². The number of carbonyl (C=O) groups excluding carboxylic acids is 2. The Balaban J connectivity index is 1.37. The molecule has 1 aromatic carbocycles. The second-order valence-corrected chi connectivity index (χ2v) is 6.84. The van der Waals surface area contributed by atoms with E-state index in [1.165, 1.54) is 27.9 Å². The molecule has 0 saturated carbocycles. The van der Waals surface area contributed by atoms with Gasteiger partial charge in [0, 0.05) is 25.5 Å². The SMILES string of the molecule is CN(CCOc1ccccn1)C(=O)Cn1cc(NC(=O)CCOc2ccccc2F)cn1. The molecule has 0 saturated heterocycles. The van der Waals surface area contributed by atoms with Gasteiger partial charge in [-0.25, -0.2) is 9.37 Å². The topological polar surface area (TPSA) is 98.6 Å². The van der Waals surface area contributed by atoms with Gasteiger partial charge in [-0.05, 0) is 18.2 Å². The van der Waals surface area contributed by atoms with Crippen molar-refractivity contribution in [2.45, 2.75) is 13.0 Å². The molecule has 0 aliphatic carbocycles. The Morgan fingerprint density at radius 2 is 1.94 bits per heavy atom. The Morgan fingerprint density at radius 1 is 1.12 bits per heavy atom. The van der Waals surface area contributed by atoms with Gasteiger partial charge in [0.05, 0.1) is 31.5 Å². The van der Waals surface area contributed by atoms with Crippen molar-refractivity contribution < 1.29 is 23.5 Å². The van der Waals surface area contributed by atoms with Gasteiger partial charge in [0.2, 0.25) is 17.7 Å². The molecule has 3 rings (SSSR count). The summed E-state index contributed by atoms with van der Waals surface area (Å²) in [4.78, 5) is 30.0. The lowest BCUT2D eigenvalue weighted by Crippen LogP contribution is -2.33. The quantitative estimate of drug-likeness (QED) is 0.491. The standard InChI is InChI=1S/C22H24FN5O4/c1-27(11-13-32-21-8-4-5-10-24-21)22(30)16-28-15-17(14-25-28)26-20(29)9-12-31-19-7-3-2-6-18(19)23/h2-8,10,14-15H,9,11-13,16H2,1H3,(H,26,29). The number of nitrogens with zero attached hydrogens (tertiary/aromatic N) is 4. The van der Waals surface area contributed by atoms with Gasteiger partial charge in [0.25, 0.3) is 0 Å². The minimum absolute atomic E-state index is 0.0202. The highest BCUT2D eigenvalue weighted by Gasteiger charge is 2.12. The molecule has 3 aromatic rings. The summed E-state index contributed by atoms with van der Waals surface area (Å²) in [5, 5.41) is 6.76. The lowest BCUT2D eigenvalue weighted by Gasteiger charge is -2.17. The third kappa shape index (κ3) is 7.08. The van der Waals surface area contributed by atoms with Gasteiger partial charge in [-0.1, -0.05) is 18.2 Å². The number of hydrogen-bond acceptors (Lipinski definition) is 6. The van der Waals surface area contributed by atoms with Gasteiger partial charge in [0.15, 0.2) is 11.6 Å². The number of amides is 2. The average molecular weight is 441 g/mol. The zero-order valence-electron chi connectivity index (χ0n) is 17.6. The second kappa shape index (κ2) is 11.4. The predicted molar refractivity (Wildman–Crippen MR) is 115 cm³/mol. The molecule has 10 heteroatoms. The van der Waals surface area contributed by atoms with E-state index in [4.69, 9.17) is 9.47 Å². The molecular weight excluding hydrogens is 417 g/mol. The fourth-order valence-electron chi connectivity index (χ4n) is 2.66. The Kier molecular flexibility index (Phi) is 8.13. The number of likely N-dealkylation sites (N-methyl/N-ethyl adjacent to an activating group) is 1. The molecule has 0 radical (unpaired) electrons. The van der Waals surface area contributed by atoms with Crippen LogP contribution in [0.25, 0.3) is 0 Å². The van der Waals surface area contributed by atoms with E-state index in [9.17, 15) is 14.0 Å². The number of anilines is 1. The third-order valence-electron chi connectivity index (χ3n) is 4.38. The van der Waals surface area contributed by atoms with Gasteiger partial charge < -0.3 is 19.7 Å². The largest absolute Gasteiger partial charge is 0.490 e. The van der Waals surface area contributed by atoms with Crippen molar-refractivity contribution in [2.75, 3.05) is 32.1 Å². The second-order valence-electron chi connectivity index (χ2n) is 6.84. The molecule has 9 nitrogen and oxygen atoms in total. The Hall–Kier alpha value is -3.95. The monoisotopic (exact) mass is 441 g/mol. The summed E-state index contributed by atoms with van der Waals surface area (Å²) in [5.41, 5.74) is 0.454.